The van der Waals surface area contributed by atoms with Crippen molar-refractivity contribution >= 4 is 0 Å². The zero-order valence-electron chi connectivity index (χ0n) is 14.5. The molecule has 110 valence electrons. The van der Waals surface area contributed by atoms with Crippen LogP contribution < -0.4 is 0 Å². The van der Waals surface area contributed by atoms with Crippen LogP contribution in [-0.4, -0.2) is 22.5 Å². The third-order valence-corrected chi connectivity index (χ3v) is 3.92. The van der Waals surface area contributed by atoms with Gasteiger partial charge in [0.1, 0.15) is 0 Å². The summed E-state index contributed by atoms with van der Waals surface area (Å²) in [6.45, 7) is 22.5. The standard InChI is InChI=1S/C17H37N/c1-10-12-16(6,7)14-18(15(3,4)5)17(8,9)13-11-2/h10-14H2,1-9H3. The van der Waals surface area contributed by atoms with E-state index in [-0.39, 0.29) is 11.1 Å². The fourth-order valence-corrected chi connectivity index (χ4v) is 3.29. The van der Waals surface area contributed by atoms with Gasteiger partial charge in [0.05, 0.1) is 0 Å². The Morgan fingerprint density at radius 2 is 1.17 bits per heavy atom. The number of hydrogen-bond donors (Lipinski definition) is 0. The van der Waals surface area contributed by atoms with E-state index in [1.54, 1.807) is 0 Å². The maximum absolute atomic E-state index is 2.72. The highest BCUT2D eigenvalue weighted by atomic mass is 15.2. The monoisotopic (exact) mass is 255 g/mol. The minimum Gasteiger partial charge on any atom is -0.293 e. The van der Waals surface area contributed by atoms with Gasteiger partial charge in [-0.15, -0.1) is 0 Å². The average Bonchev–Trinajstić information content (AvgIpc) is 2.12. The van der Waals surface area contributed by atoms with Gasteiger partial charge in [0.2, 0.25) is 0 Å². The Bertz CT molecular complexity index is 232. The van der Waals surface area contributed by atoms with Crippen molar-refractivity contribution in [1.29, 1.82) is 0 Å². The molecular weight excluding hydrogens is 218 g/mol. The van der Waals surface area contributed by atoms with Crippen LogP contribution in [0.15, 0.2) is 0 Å². The predicted octanol–water partition coefficient (Wildman–Crippen LogP) is 5.49. The molecule has 0 radical (unpaired) electrons. The molecule has 0 aliphatic carbocycles. The number of rotatable bonds is 7. The average molecular weight is 255 g/mol. The maximum Gasteiger partial charge on any atom is 0.0158 e. The maximum atomic E-state index is 2.72. The molecule has 0 unspecified atom stereocenters. The minimum absolute atomic E-state index is 0.240. The molecular formula is C17H37N. The lowest BCUT2D eigenvalue weighted by Gasteiger charge is -2.50. The molecule has 0 saturated carbocycles. The third kappa shape index (κ3) is 5.73. The van der Waals surface area contributed by atoms with Crippen LogP contribution in [0.3, 0.4) is 0 Å². The van der Waals surface area contributed by atoms with Gasteiger partial charge in [-0.3, -0.25) is 4.90 Å². The molecule has 0 N–H and O–H groups in total. The van der Waals surface area contributed by atoms with Crippen LogP contribution in [0.25, 0.3) is 0 Å². The van der Waals surface area contributed by atoms with Gasteiger partial charge in [-0.25, -0.2) is 0 Å². The molecule has 1 heteroatoms. The molecule has 0 aliphatic rings. The van der Waals surface area contributed by atoms with E-state index < -0.39 is 0 Å². The molecule has 0 fully saturated rings. The molecule has 0 heterocycles. The van der Waals surface area contributed by atoms with Crippen molar-refractivity contribution in [3.63, 3.8) is 0 Å². The van der Waals surface area contributed by atoms with Crippen molar-refractivity contribution in [2.24, 2.45) is 5.41 Å². The minimum atomic E-state index is 0.240. The van der Waals surface area contributed by atoms with E-state index in [2.05, 4.69) is 67.2 Å². The Kier molecular flexibility index (Phi) is 6.40. The molecule has 18 heavy (non-hydrogen) atoms. The van der Waals surface area contributed by atoms with Gasteiger partial charge >= 0.3 is 0 Å². The second-order valence-electron chi connectivity index (χ2n) is 8.23. The topological polar surface area (TPSA) is 3.24 Å². The van der Waals surface area contributed by atoms with Crippen molar-refractivity contribution in [2.45, 2.75) is 99.1 Å². The summed E-state index contributed by atoms with van der Waals surface area (Å²) in [5.74, 6) is 0. The number of nitrogens with zero attached hydrogens (tertiary/aromatic N) is 1. The molecule has 0 bridgehead atoms. The molecule has 0 aliphatic heterocycles. The lowest BCUT2D eigenvalue weighted by atomic mass is 9.82. The summed E-state index contributed by atoms with van der Waals surface area (Å²) in [6.07, 6.45) is 5.11. The first-order valence-corrected chi connectivity index (χ1v) is 7.74. The zero-order chi connectivity index (χ0) is 14.6. The quantitative estimate of drug-likeness (QED) is 0.581. The molecule has 1 nitrogen and oxygen atoms in total. The predicted molar refractivity (Wildman–Crippen MR) is 84.1 cm³/mol. The summed E-state index contributed by atoms with van der Waals surface area (Å²) in [5.41, 5.74) is 0.939. The van der Waals surface area contributed by atoms with Crippen LogP contribution in [-0.2, 0) is 0 Å². The lowest BCUT2D eigenvalue weighted by molar-refractivity contribution is -0.0123. The highest BCUT2D eigenvalue weighted by Gasteiger charge is 2.37. The second kappa shape index (κ2) is 6.41. The van der Waals surface area contributed by atoms with Gasteiger partial charge in [-0.05, 0) is 52.9 Å². The van der Waals surface area contributed by atoms with Gasteiger partial charge in [0.15, 0.2) is 0 Å². The van der Waals surface area contributed by atoms with Gasteiger partial charge in [-0.1, -0.05) is 40.5 Å². The highest BCUT2D eigenvalue weighted by molar-refractivity contribution is 4.92. The van der Waals surface area contributed by atoms with E-state index in [9.17, 15) is 0 Å². The number of hydrogen-bond acceptors (Lipinski definition) is 1. The first-order chi connectivity index (χ1) is 7.96. The van der Waals surface area contributed by atoms with E-state index >= 15 is 0 Å². The lowest BCUT2D eigenvalue weighted by Crippen LogP contribution is -2.57. The van der Waals surface area contributed by atoms with Crippen molar-refractivity contribution in [1.82, 2.24) is 4.90 Å². The Morgan fingerprint density at radius 3 is 1.50 bits per heavy atom. The summed E-state index contributed by atoms with van der Waals surface area (Å²) in [6, 6.07) is 0. The van der Waals surface area contributed by atoms with Crippen LogP contribution in [0.2, 0.25) is 0 Å². The Balaban J connectivity index is 5.03. The fraction of sp³-hybridized carbons (Fsp3) is 1.00. The van der Waals surface area contributed by atoms with E-state index in [0.29, 0.717) is 5.41 Å². The van der Waals surface area contributed by atoms with Crippen LogP contribution in [0.4, 0.5) is 0 Å². The summed E-state index contributed by atoms with van der Waals surface area (Å²) in [7, 11) is 0. The van der Waals surface area contributed by atoms with Gasteiger partial charge in [-0.2, -0.15) is 0 Å². The fourth-order valence-electron chi connectivity index (χ4n) is 3.29. The third-order valence-electron chi connectivity index (χ3n) is 3.92. The Hall–Kier alpha value is -0.0400. The molecule has 0 aromatic carbocycles. The van der Waals surface area contributed by atoms with E-state index in [4.69, 9.17) is 0 Å². The summed E-state index contributed by atoms with van der Waals surface area (Å²) in [5, 5.41) is 0. The van der Waals surface area contributed by atoms with Crippen molar-refractivity contribution in [2.75, 3.05) is 6.54 Å². The highest BCUT2D eigenvalue weighted by Crippen LogP contribution is 2.34. The zero-order valence-corrected chi connectivity index (χ0v) is 14.5. The Morgan fingerprint density at radius 1 is 0.722 bits per heavy atom. The van der Waals surface area contributed by atoms with Gasteiger partial charge in [0, 0.05) is 17.6 Å². The van der Waals surface area contributed by atoms with Crippen LogP contribution in [0.5, 0.6) is 0 Å². The molecule has 0 spiro atoms. The van der Waals surface area contributed by atoms with E-state index in [0.717, 1.165) is 0 Å². The molecule has 0 rings (SSSR count). The summed E-state index contributed by atoms with van der Waals surface area (Å²) < 4.78 is 0. The van der Waals surface area contributed by atoms with Crippen LogP contribution in [0.1, 0.15) is 88.0 Å². The first kappa shape index (κ1) is 18.0. The molecule has 0 amide bonds. The van der Waals surface area contributed by atoms with Crippen molar-refractivity contribution in [3.05, 3.63) is 0 Å². The molecule has 0 atom stereocenters. The summed E-state index contributed by atoms with van der Waals surface area (Å²) >= 11 is 0. The Labute approximate surface area is 116 Å². The summed E-state index contributed by atoms with van der Waals surface area (Å²) in [4.78, 5) is 2.72. The second-order valence-corrected chi connectivity index (χ2v) is 8.23. The molecule has 0 aromatic heterocycles. The van der Waals surface area contributed by atoms with Crippen molar-refractivity contribution in [3.8, 4) is 0 Å². The largest absolute Gasteiger partial charge is 0.293 e. The van der Waals surface area contributed by atoms with E-state index in [1.807, 2.05) is 0 Å². The molecule has 0 aromatic rings. The van der Waals surface area contributed by atoms with Gasteiger partial charge < -0.3 is 0 Å². The van der Waals surface area contributed by atoms with Crippen LogP contribution >= 0.6 is 0 Å². The normalized spacial score (nSPS) is 14.3. The molecule has 0 saturated heterocycles. The van der Waals surface area contributed by atoms with Crippen molar-refractivity contribution < 1.29 is 0 Å². The first-order valence-electron chi connectivity index (χ1n) is 7.74. The SMILES string of the molecule is CCCC(C)(C)CN(C(C)(C)C)C(C)(C)CCC. The van der Waals surface area contributed by atoms with Crippen LogP contribution in [0, 0.1) is 5.41 Å². The van der Waals surface area contributed by atoms with Gasteiger partial charge in [0.25, 0.3) is 0 Å². The smallest absolute Gasteiger partial charge is 0.0158 e. The van der Waals surface area contributed by atoms with E-state index in [1.165, 1.54) is 32.2 Å².